The summed E-state index contributed by atoms with van der Waals surface area (Å²) in [5.41, 5.74) is 5.76. The van der Waals surface area contributed by atoms with Gasteiger partial charge in [-0.05, 0) is 31.2 Å². The van der Waals surface area contributed by atoms with Crippen LogP contribution in [0.3, 0.4) is 0 Å². The summed E-state index contributed by atoms with van der Waals surface area (Å²) in [4.78, 5) is 25.2. The van der Waals surface area contributed by atoms with Crippen LogP contribution in [0.5, 0.6) is 5.75 Å². The zero-order valence-corrected chi connectivity index (χ0v) is 15.1. The SMILES string of the molecule is NCCCC(=O)N1CCN(S(=O)(=O)c2ccc3c(c2)NC(=O)CO3)CC1. The van der Waals surface area contributed by atoms with Gasteiger partial charge in [0.25, 0.3) is 5.91 Å². The zero-order valence-electron chi connectivity index (χ0n) is 14.3. The summed E-state index contributed by atoms with van der Waals surface area (Å²) in [6.45, 7) is 1.55. The fourth-order valence-electron chi connectivity index (χ4n) is 2.96. The highest BCUT2D eigenvalue weighted by atomic mass is 32.2. The van der Waals surface area contributed by atoms with Crippen LogP contribution in [0.25, 0.3) is 0 Å². The third-order valence-electron chi connectivity index (χ3n) is 4.41. The van der Waals surface area contributed by atoms with E-state index in [4.69, 9.17) is 10.5 Å². The van der Waals surface area contributed by atoms with Crippen molar-refractivity contribution in [2.24, 2.45) is 5.73 Å². The molecule has 0 spiro atoms. The summed E-state index contributed by atoms with van der Waals surface area (Å²) < 4.78 is 32.3. The number of anilines is 1. The maximum atomic E-state index is 12.9. The van der Waals surface area contributed by atoms with Crippen LogP contribution in [-0.2, 0) is 19.6 Å². The second-order valence-electron chi connectivity index (χ2n) is 6.17. The number of sulfonamides is 1. The fraction of sp³-hybridized carbons (Fsp3) is 0.500. The molecule has 3 N–H and O–H groups in total. The number of carbonyl (C=O) groups excluding carboxylic acids is 2. The Morgan fingerprint density at radius 2 is 1.96 bits per heavy atom. The standard InChI is InChI=1S/C16H22N4O5S/c17-5-1-2-16(22)19-6-8-20(9-7-19)26(23,24)12-3-4-14-13(10-12)18-15(21)11-25-14/h3-4,10H,1-2,5-9,11,17H2,(H,18,21). The molecule has 1 fully saturated rings. The predicted molar refractivity (Wildman–Crippen MR) is 94.2 cm³/mol. The number of carbonyl (C=O) groups is 2. The van der Waals surface area contributed by atoms with Crippen LogP contribution in [0.1, 0.15) is 12.8 Å². The Morgan fingerprint density at radius 3 is 2.65 bits per heavy atom. The number of ether oxygens (including phenoxy) is 1. The normalized spacial score (nSPS) is 18.0. The first-order valence-corrected chi connectivity index (χ1v) is 9.90. The van der Waals surface area contributed by atoms with Gasteiger partial charge in [0.15, 0.2) is 6.61 Å². The van der Waals surface area contributed by atoms with Crippen LogP contribution in [0.2, 0.25) is 0 Å². The lowest BCUT2D eigenvalue weighted by atomic mass is 10.2. The number of hydrogen-bond acceptors (Lipinski definition) is 6. The van der Waals surface area contributed by atoms with Gasteiger partial charge in [0.05, 0.1) is 10.6 Å². The summed E-state index contributed by atoms with van der Waals surface area (Å²) in [6.07, 6.45) is 1.01. The van der Waals surface area contributed by atoms with Crippen molar-refractivity contribution in [2.45, 2.75) is 17.7 Å². The maximum absolute atomic E-state index is 12.9. The number of nitrogens with two attached hydrogens (primary N) is 1. The molecule has 2 aliphatic heterocycles. The van der Waals surface area contributed by atoms with E-state index >= 15 is 0 Å². The molecule has 0 unspecified atom stereocenters. The van der Waals surface area contributed by atoms with Crippen LogP contribution in [0, 0.1) is 0 Å². The molecule has 0 bridgehead atoms. The van der Waals surface area contributed by atoms with Gasteiger partial charge in [-0.3, -0.25) is 9.59 Å². The summed E-state index contributed by atoms with van der Waals surface area (Å²) >= 11 is 0. The van der Waals surface area contributed by atoms with Gasteiger partial charge in [-0.25, -0.2) is 8.42 Å². The smallest absolute Gasteiger partial charge is 0.262 e. The summed E-state index contributed by atoms with van der Waals surface area (Å²) in [5.74, 6) is 0.122. The number of fused-ring (bicyclic) bond motifs is 1. The van der Waals surface area contributed by atoms with Crippen LogP contribution in [0.15, 0.2) is 23.1 Å². The van der Waals surface area contributed by atoms with Crippen molar-refractivity contribution in [1.29, 1.82) is 0 Å². The molecular formula is C16H22N4O5S. The van der Waals surface area contributed by atoms with Gasteiger partial charge in [-0.1, -0.05) is 0 Å². The number of benzene rings is 1. The number of nitrogens with one attached hydrogen (secondary N) is 1. The Labute approximate surface area is 152 Å². The third-order valence-corrected chi connectivity index (χ3v) is 6.30. The van der Waals surface area contributed by atoms with Crippen molar-refractivity contribution in [1.82, 2.24) is 9.21 Å². The van der Waals surface area contributed by atoms with Crippen molar-refractivity contribution in [3.63, 3.8) is 0 Å². The predicted octanol–water partition coefficient (Wildman–Crippen LogP) is -0.411. The molecule has 1 aromatic rings. The van der Waals surface area contributed by atoms with Crippen molar-refractivity contribution in [3.8, 4) is 5.75 Å². The van der Waals surface area contributed by atoms with E-state index in [1.165, 1.54) is 22.5 Å². The van der Waals surface area contributed by atoms with E-state index < -0.39 is 10.0 Å². The minimum Gasteiger partial charge on any atom is -0.482 e. The van der Waals surface area contributed by atoms with E-state index in [2.05, 4.69) is 5.32 Å². The number of amides is 2. The monoisotopic (exact) mass is 382 g/mol. The van der Waals surface area contributed by atoms with E-state index in [1.54, 1.807) is 4.90 Å². The highest BCUT2D eigenvalue weighted by molar-refractivity contribution is 7.89. The Morgan fingerprint density at radius 1 is 1.23 bits per heavy atom. The van der Waals surface area contributed by atoms with E-state index in [0.29, 0.717) is 43.9 Å². The van der Waals surface area contributed by atoms with E-state index in [9.17, 15) is 18.0 Å². The van der Waals surface area contributed by atoms with Gasteiger partial charge in [0.1, 0.15) is 5.75 Å². The first-order chi connectivity index (χ1) is 12.4. The average molecular weight is 382 g/mol. The first kappa shape index (κ1) is 18.6. The molecule has 0 atom stereocenters. The molecule has 10 heteroatoms. The third kappa shape index (κ3) is 3.81. The molecule has 0 radical (unpaired) electrons. The van der Waals surface area contributed by atoms with Gasteiger partial charge < -0.3 is 20.7 Å². The minimum absolute atomic E-state index is 0.00106. The Hall–Kier alpha value is -2.17. The topological polar surface area (TPSA) is 122 Å². The van der Waals surface area contributed by atoms with Gasteiger partial charge in [0, 0.05) is 32.6 Å². The van der Waals surface area contributed by atoms with E-state index in [-0.39, 0.29) is 36.4 Å². The number of nitrogens with zero attached hydrogens (tertiary/aromatic N) is 2. The maximum Gasteiger partial charge on any atom is 0.262 e. The summed E-state index contributed by atoms with van der Waals surface area (Å²) in [7, 11) is -3.71. The first-order valence-electron chi connectivity index (χ1n) is 8.46. The highest BCUT2D eigenvalue weighted by Crippen LogP contribution is 2.31. The van der Waals surface area contributed by atoms with Gasteiger partial charge in [-0.15, -0.1) is 0 Å². The Kier molecular flexibility index (Phi) is 5.44. The molecule has 1 saturated heterocycles. The number of rotatable bonds is 5. The van der Waals surface area contributed by atoms with E-state index in [0.717, 1.165) is 0 Å². The Bertz CT molecular complexity index is 803. The van der Waals surface area contributed by atoms with Crippen molar-refractivity contribution in [2.75, 3.05) is 44.6 Å². The second kappa shape index (κ2) is 7.60. The molecule has 2 heterocycles. The average Bonchev–Trinajstić information content (AvgIpc) is 2.65. The van der Waals surface area contributed by atoms with E-state index in [1.807, 2.05) is 0 Å². The van der Waals surface area contributed by atoms with Crippen molar-refractivity contribution < 1.29 is 22.7 Å². The lowest BCUT2D eigenvalue weighted by Gasteiger charge is -2.34. The number of hydrogen-bond donors (Lipinski definition) is 2. The lowest BCUT2D eigenvalue weighted by molar-refractivity contribution is -0.132. The quantitative estimate of drug-likeness (QED) is 0.714. The fourth-order valence-corrected chi connectivity index (χ4v) is 4.41. The summed E-state index contributed by atoms with van der Waals surface area (Å²) in [6, 6.07) is 4.40. The van der Waals surface area contributed by atoms with Crippen LogP contribution < -0.4 is 15.8 Å². The van der Waals surface area contributed by atoms with Crippen LogP contribution in [-0.4, -0.2) is 68.8 Å². The van der Waals surface area contributed by atoms with Crippen LogP contribution in [0.4, 0.5) is 5.69 Å². The van der Waals surface area contributed by atoms with Crippen molar-refractivity contribution >= 4 is 27.5 Å². The molecule has 142 valence electrons. The molecule has 1 aromatic carbocycles. The largest absolute Gasteiger partial charge is 0.482 e. The van der Waals surface area contributed by atoms with Crippen LogP contribution >= 0.6 is 0 Å². The molecule has 2 aliphatic rings. The molecule has 3 rings (SSSR count). The minimum atomic E-state index is -3.71. The molecule has 0 aromatic heterocycles. The molecule has 2 amide bonds. The number of piperazine rings is 1. The van der Waals surface area contributed by atoms with Gasteiger partial charge in [-0.2, -0.15) is 4.31 Å². The molecule has 26 heavy (non-hydrogen) atoms. The molecule has 9 nitrogen and oxygen atoms in total. The Balaban J connectivity index is 1.69. The van der Waals surface area contributed by atoms with Gasteiger partial charge in [0.2, 0.25) is 15.9 Å². The van der Waals surface area contributed by atoms with Crippen molar-refractivity contribution in [3.05, 3.63) is 18.2 Å². The summed E-state index contributed by atoms with van der Waals surface area (Å²) in [5, 5.41) is 2.61. The second-order valence-corrected chi connectivity index (χ2v) is 8.11. The molecule has 0 aliphatic carbocycles. The molecule has 0 saturated carbocycles. The van der Waals surface area contributed by atoms with Gasteiger partial charge >= 0.3 is 0 Å². The highest BCUT2D eigenvalue weighted by Gasteiger charge is 2.31. The molecular weight excluding hydrogens is 360 g/mol. The lowest BCUT2D eigenvalue weighted by Crippen LogP contribution is -2.50. The zero-order chi connectivity index (χ0) is 18.7.